The maximum atomic E-state index is 9.54. The summed E-state index contributed by atoms with van der Waals surface area (Å²) >= 11 is 0. The molecule has 0 aromatic rings. The van der Waals surface area contributed by atoms with E-state index in [4.69, 9.17) is 6.42 Å². The van der Waals surface area contributed by atoms with Crippen molar-refractivity contribution in [2.24, 2.45) is 11.3 Å². The highest BCUT2D eigenvalue weighted by Gasteiger charge is 2.49. The van der Waals surface area contributed by atoms with Gasteiger partial charge in [-0.25, -0.2) is 0 Å². The summed E-state index contributed by atoms with van der Waals surface area (Å²) in [4.78, 5) is 0. The van der Waals surface area contributed by atoms with Crippen molar-refractivity contribution < 1.29 is 5.11 Å². The first-order valence-corrected chi connectivity index (χ1v) is 4.37. The van der Waals surface area contributed by atoms with Crippen molar-refractivity contribution >= 4 is 0 Å². The van der Waals surface area contributed by atoms with Crippen LogP contribution in [0, 0.1) is 23.7 Å². The summed E-state index contributed by atoms with van der Waals surface area (Å²) in [7, 11) is 0. The molecule has 1 heteroatoms. The minimum atomic E-state index is -0.0444. The van der Waals surface area contributed by atoms with Gasteiger partial charge in [0.15, 0.2) is 0 Å². The molecule has 0 saturated heterocycles. The summed E-state index contributed by atoms with van der Waals surface area (Å²) in [5.41, 5.74) is 0.346. The third-order valence-electron chi connectivity index (χ3n) is 3.40. The molecule has 2 bridgehead atoms. The molecular formula is C10H14O. The molecule has 0 radical (unpaired) electrons. The fourth-order valence-corrected chi connectivity index (χ4v) is 2.83. The van der Waals surface area contributed by atoms with Gasteiger partial charge in [0.05, 0.1) is 6.10 Å². The maximum absolute atomic E-state index is 9.54. The fourth-order valence-electron chi connectivity index (χ4n) is 2.83. The smallest absolute Gasteiger partial charge is 0.0574 e. The molecule has 2 rings (SSSR count). The van der Waals surface area contributed by atoms with E-state index in [1.807, 2.05) is 0 Å². The van der Waals surface area contributed by atoms with Gasteiger partial charge in [0.25, 0.3) is 0 Å². The molecule has 60 valence electrons. The zero-order chi connectivity index (χ0) is 7.90. The highest BCUT2D eigenvalue weighted by molar-refractivity contribution is 5.06. The summed E-state index contributed by atoms with van der Waals surface area (Å²) in [5.74, 6) is 3.31. The summed E-state index contributed by atoms with van der Waals surface area (Å²) in [5, 5.41) is 9.54. The van der Waals surface area contributed by atoms with E-state index in [-0.39, 0.29) is 6.10 Å². The lowest BCUT2D eigenvalue weighted by Gasteiger charge is -2.25. The van der Waals surface area contributed by atoms with Crippen molar-refractivity contribution in [3.63, 3.8) is 0 Å². The van der Waals surface area contributed by atoms with Crippen LogP contribution in [0.4, 0.5) is 0 Å². The number of rotatable bonds is 1. The van der Waals surface area contributed by atoms with E-state index in [2.05, 4.69) is 5.92 Å². The van der Waals surface area contributed by atoms with E-state index >= 15 is 0 Å². The topological polar surface area (TPSA) is 20.2 Å². The highest BCUT2D eigenvalue weighted by Crippen LogP contribution is 2.55. The molecule has 0 aromatic heterocycles. The number of terminal acetylenes is 1. The molecule has 3 atom stereocenters. The van der Waals surface area contributed by atoms with E-state index in [1.165, 1.54) is 19.3 Å². The van der Waals surface area contributed by atoms with Gasteiger partial charge in [0.1, 0.15) is 0 Å². The summed E-state index contributed by atoms with van der Waals surface area (Å²) in [6, 6.07) is 0. The van der Waals surface area contributed by atoms with Gasteiger partial charge in [0, 0.05) is 6.42 Å². The Morgan fingerprint density at radius 2 is 2.36 bits per heavy atom. The van der Waals surface area contributed by atoms with Crippen molar-refractivity contribution in [2.75, 3.05) is 0 Å². The second-order valence-corrected chi connectivity index (χ2v) is 4.16. The van der Waals surface area contributed by atoms with Crippen LogP contribution in [-0.2, 0) is 0 Å². The molecule has 0 aromatic carbocycles. The average molecular weight is 150 g/mol. The molecule has 2 aliphatic carbocycles. The molecular weight excluding hydrogens is 136 g/mol. The number of fused-ring (bicyclic) bond motifs is 2. The van der Waals surface area contributed by atoms with Gasteiger partial charge in [-0.05, 0) is 37.0 Å². The van der Waals surface area contributed by atoms with Gasteiger partial charge in [0.2, 0.25) is 0 Å². The fraction of sp³-hybridized carbons (Fsp3) is 0.800. The molecule has 2 aliphatic rings. The van der Waals surface area contributed by atoms with Crippen LogP contribution < -0.4 is 0 Å². The zero-order valence-corrected chi connectivity index (χ0v) is 6.71. The second kappa shape index (κ2) is 2.25. The number of hydrogen-bond acceptors (Lipinski definition) is 1. The molecule has 3 unspecified atom stereocenters. The second-order valence-electron chi connectivity index (χ2n) is 4.16. The minimum absolute atomic E-state index is 0.0444. The predicted octanol–water partition coefficient (Wildman–Crippen LogP) is 1.56. The van der Waals surface area contributed by atoms with Gasteiger partial charge in [-0.2, -0.15) is 0 Å². The Balaban J connectivity index is 2.12. The van der Waals surface area contributed by atoms with Crippen LogP contribution in [0.25, 0.3) is 0 Å². The highest BCUT2D eigenvalue weighted by atomic mass is 16.3. The lowest BCUT2D eigenvalue weighted by Crippen LogP contribution is -2.20. The summed E-state index contributed by atoms with van der Waals surface area (Å²) in [6.45, 7) is 0. The first-order chi connectivity index (χ1) is 5.26. The number of hydrogen-bond donors (Lipinski definition) is 1. The van der Waals surface area contributed by atoms with Gasteiger partial charge in [-0.3, -0.25) is 0 Å². The van der Waals surface area contributed by atoms with E-state index in [0.29, 0.717) is 11.3 Å². The third kappa shape index (κ3) is 0.973. The maximum Gasteiger partial charge on any atom is 0.0574 e. The molecule has 0 aliphatic heterocycles. The van der Waals surface area contributed by atoms with Crippen LogP contribution in [0.1, 0.15) is 32.1 Å². The van der Waals surface area contributed by atoms with Crippen LogP contribution in [-0.4, -0.2) is 11.2 Å². The Morgan fingerprint density at radius 3 is 2.82 bits per heavy atom. The quantitative estimate of drug-likeness (QED) is 0.562. The van der Waals surface area contributed by atoms with E-state index in [0.717, 1.165) is 12.8 Å². The Morgan fingerprint density at radius 1 is 1.55 bits per heavy atom. The third-order valence-corrected chi connectivity index (χ3v) is 3.40. The number of aliphatic hydroxyl groups excluding tert-OH is 1. The van der Waals surface area contributed by atoms with Crippen molar-refractivity contribution in [3.05, 3.63) is 0 Å². The largest absolute Gasteiger partial charge is 0.393 e. The predicted molar refractivity (Wildman–Crippen MR) is 43.8 cm³/mol. The first kappa shape index (κ1) is 7.18. The van der Waals surface area contributed by atoms with Crippen LogP contribution in [0.3, 0.4) is 0 Å². The molecule has 2 fully saturated rings. The monoisotopic (exact) mass is 150 g/mol. The lowest BCUT2D eigenvalue weighted by atomic mass is 9.81. The first-order valence-electron chi connectivity index (χ1n) is 4.37. The molecule has 1 nitrogen and oxygen atoms in total. The van der Waals surface area contributed by atoms with Gasteiger partial charge in [-0.15, -0.1) is 12.3 Å². The Bertz CT molecular complexity index is 199. The number of aliphatic hydroxyl groups is 1. The van der Waals surface area contributed by atoms with Crippen molar-refractivity contribution in [3.8, 4) is 12.3 Å². The van der Waals surface area contributed by atoms with Crippen molar-refractivity contribution in [2.45, 2.75) is 38.2 Å². The summed E-state index contributed by atoms with van der Waals surface area (Å²) in [6.07, 6.45) is 10.7. The van der Waals surface area contributed by atoms with E-state index in [9.17, 15) is 5.11 Å². The Hall–Kier alpha value is -0.480. The molecule has 2 saturated carbocycles. The van der Waals surface area contributed by atoms with Gasteiger partial charge >= 0.3 is 0 Å². The molecule has 0 heterocycles. The SMILES string of the molecule is C#CCC12CCC(C1)C(O)C2. The molecule has 0 amide bonds. The Labute approximate surface area is 67.8 Å². The van der Waals surface area contributed by atoms with Crippen LogP contribution in [0.15, 0.2) is 0 Å². The minimum Gasteiger partial charge on any atom is -0.393 e. The van der Waals surface area contributed by atoms with Crippen molar-refractivity contribution in [1.29, 1.82) is 0 Å². The van der Waals surface area contributed by atoms with Gasteiger partial charge in [-0.1, -0.05) is 0 Å². The standard InChI is InChI=1S/C10H14O/c1-2-4-10-5-3-8(6-10)9(11)7-10/h1,8-9,11H,3-7H2. The molecule has 11 heavy (non-hydrogen) atoms. The van der Waals surface area contributed by atoms with Crippen LogP contribution in [0.5, 0.6) is 0 Å². The van der Waals surface area contributed by atoms with Crippen LogP contribution >= 0.6 is 0 Å². The zero-order valence-electron chi connectivity index (χ0n) is 6.71. The van der Waals surface area contributed by atoms with Crippen LogP contribution in [0.2, 0.25) is 0 Å². The lowest BCUT2D eigenvalue weighted by molar-refractivity contribution is 0.0964. The average Bonchev–Trinajstić information content (AvgIpc) is 2.44. The van der Waals surface area contributed by atoms with Crippen molar-refractivity contribution in [1.82, 2.24) is 0 Å². The van der Waals surface area contributed by atoms with Gasteiger partial charge < -0.3 is 5.11 Å². The van der Waals surface area contributed by atoms with E-state index in [1.54, 1.807) is 0 Å². The molecule has 1 N–H and O–H groups in total. The Kier molecular flexibility index (Phi) is 1.47. The molecule has 0 spiro atoms. The summed E-state index contributed by atoms with van der Waals surface area (Å²) < 4.78 is 0. The van der Waals surface area contributed by atoms with E-state index < -0.39 is 0 Å². The normalized spacial score (nSPS) is 47.6.